The van der Waals surface area contributed by atoms with Crippen LogP contribution in [0.2, 0.25) is 0 Å². The molecule has 0 bridgehead atoms. The van der Waals surface area contributed by atoms with Crippen molar-refractivity contribution in [1.29, 1.82) is 0 Å². The Hall–Kier alpha value is 0.480. The van der Waals surface area contributed by atoms with E-state index < -0.39 is 0 Å². The van der Waals surface area contributed by atoms with Gasteiger partial charge in [-0.2, -0.15) is 0 Å². The normalized spacial score (nSPS) is 12.8. The smallest absolute Gasteiger partial charge is 0.0145 e. The zero-order valence-electron chi connectivity index (χ0n) is 12.9. The molecule has 0 spiro atoms. The molecule has 0 aliphatic rings. The lowest BCUT2D eigenvalue weighted by Gasteiger charge is -2.07. The molecule has 0 radical (unpaired) electrons. The molecule has 1 heteroatoms. The summed E-state index contributed by atoms with van der Waals surface area (Å²) >= 11 is 3.76. The summed E-state index contributed by atoms with van der Waals surface area (Å²) in [5.41, 5.74) is 0. The minimum Gasteiger partial charge on any atom is -0.0891 e. The fraction of sp³-hybridized carbons (Fsp3) is 1.00. The average molecular weight is 319 g/mol. The van der Waals surface area contributed by atoms with Crippen LogP contribution in [-0.2, 0) is 0 Å². The molecule has 0 rings (SSSR count). The Morgan fingerprint density at radius 3 is 1.44 bits per heavy atom. The van der Waals surface area contributed by atoms with Gasteiger partial charge < -0.3 is 0 Å². The lowest BCUT2D eigenvalue weighted by Crippen LogP contribution is -1.96. The van der Waals surface area contributed by atoms with Crippen molar-refractivity contribution in [3.8, 4) is 0 Å². The van der Waals surface area contributed by atoms with Gasteiger partial charge in [-0.15, -0.1) is 0 Å². The first-order valence-corrected chi connectivity index (χ1v) is 9.36. The second-order valence-electron chi connectivity index (χ2n) is 5.71. The van der Waals surface area contributed by atoms with E-state index in [1.165, 1.54) is 89.9 Å². The van der Waals surface area contributed by atoms with Gasteiger partial charge >= 0.3 is 0 Å². The summed E-state index contributed by atoms with van der Waals surface area (Å²) in [4.78, 5) is 0.779. The Balaban J connectivity index is 2.98. The van der Waals surface area contributed by atoms with Gasteiger partial charge in [0.25, 0.3) is 0 Å². The van der Waals surface area contributed by atoms with Gasteiger partial charge in [-0.25, -0.2) is 0 Å². The van der Waals surface area contributed by atoms with E-state index in [2.05, 4.69) is 29.8 Å². The first kappa shape index (κ1) is 18.5. The van der Waals surface area contributed by atoms with E-state index in [-0.39, 0.29) is 0 Å². The summed E-state index contributed by atoms with van der Waals surface area (Å²) in [5.74, 6) is 0. The number of hydrogen-bond donors (Lipinski definition) is 0. The molecule has 0 N–H and O–H groups in total. The van der Waals surface area contributed by atoms with Crippen molar-refractivity contribution in [3.63, 3.8) is 0 Å². The third kappa shape index (κ3) is 14.5. The molecule has 18 heavy (non-hydrogen) atoms. The zero-order chi connectivity index (χ0) is 13.5. The van der Waals surface area contributed by atoms with Gasteiger partial charge in [-0.05, 0) is 12.8 Å². The maximum Gasteiger partial charge on any atom is 0.0145 e. The van der Waals surface area contributed by atoms with Crippen LogP contribution in [0.15, 0.2) is 0 Å². The highest BCUT2D eigenvalue weighted by Gasteiger charge is 2.01. The molecule has 0 aliphatic carbocycles. The monoisotopic (exact) mass is 318 g/mol. The number of halogens is 1. The molecule has 0 fully saturated rings. The molecule has 0 saturated heterocycles. The number of hydrogen-bond acceptors (Lipinski definition) is 0. The molecular formula is C17H35Br. The Morgan fingerprint density at radius 2 is 1.00 bits per heavy atom. The Bertz CT molecular complexity index is 145. The molecule has 1 unspecified atom stereocenters. The molecule has 0 aliphatic heterocycles. The van der Waals surface area contributed by atoms with Crippen molar-refractivity contribution < 1.29 is 0 Å². The molecule has 0 aromatic rings. The van der Waals surface area contributed by atoms with E-state index in [4.69, 9.17) is 0 Å². The van der Waals surface area contributed by atoms with E-state index in [1.54, 1.807) is 0 Å². The van der Waals surface area contributed by atoms with Crippen molar-refractivity contribution in [2.75, 3.05) is 0 Å². The number of unbranched alkanes of at least 4 members (excludes halogenated alkanes) is 10. The molecule has 1 atom stereocenters. The largest absolute Gasteiger partial charge is 0.0891 e. The molecule has 0 amide bonds. The number of alkyl halides is 1. The lowest BCUT2D eigenvalue weighted by atomic mass is 10.0. The summed E-state index contributed by atoms with van der Waals surface area (Å²) in [5, 5.41) is 0. The minimum atomic E-state index is 0.779. The van der Waals surface area contributed by atoms with Crippen LogP contribution in [0.1, 0.15) is 104 Å². The Kier molecular flexibility index (Phi) is 16.0. The van der Waals surface area contributed by atoms with Crippen LogP contribution in [0.3, 0.4) is 0 Å². The predicted molar refractivity (Wildman–Crippen MR) is 88.7 cm³/mol. The van der Waals surface area contributed by atoms with Crippen LogP contribution in [0.5, 0.6) is 0 Å². The van der Waals surface area contributed by atoms with Gasteiger partial charge in [0, 0.05) is 4.83 Å². The Labute approximate surface area is 124 Å². The van der Waals surface area contributed by atoms with E-state index in [1.807, 2.05) is 0 Å². The molecular weight excluding hydrogens is 284 g/mol. The van der Waals surface area contributed by atoms with Crippen LogP contribution >= 0.6 is 15.9 Å². The van der Waals surface area contributed by atoms with E-state index >= 15 is 0 Å². The summed E-state index contributed by atoms with van der Waals surface area (Å²) in [7, 11) is 0. The van der Waals surface area contributed by atoms with Crippen molar-refractivity contribution in [3.05, 3.63) is 0 Å². The fourth-order valence-corrected chi connectivity index (χ4v) is 3.27. The highest BCUT2D eigenvalue weighted by atomic mass is 79.9. The minimum absolute atomic E-state index is 0.779. The highest BCUT2D eigenvalue weighted by Crippen LogP contribution is 2.17. The topological polar surface area (TPSA) is 0 Å². The maximum absolute atomic E-state index is 3.76. The quantitative estimate of drug-likeness (QED) is 0.233. The third-order valence-corrected chi connectivity index (χ3v) is 4.64. The summed E-state index contributed by atoms with van der Waals surface area (Å²) in [6, 6.07) is 0. The third-order valence-electron chi connectivity index (χ3n) is 3.72. The molecule has 0 nitrogen and oxygen atoms in total. The summed E-state index contributed by atoms with van der Waals surface area (Å²) in [6.45, 7) is 4.56. The van der Waals surface area contributed by atoms with Crippen LogP contribution in [0.25, 0.3) is 0 Å². The van der Waals surface area contributed by atoms with Crippen molar-refractivity contribution in [2.45, 2.75) is 109 Å². The Morgan fingerprint density at radius 1 is 0.556 bits per heavy atom. The van der Waals surface area contributed by atoms with Crippen molar-refractivity contribution in [2.24, 2.45) is 0 Å². The van der Waals surface area contributed by atoms with Crippen LogP contribution in [0, 0.1) is 0 Å². The molecule has 110 valence electrons. The zero-order valence-corrected chi connectivity index (χ0v) is 14.4. The second-order valence-corrected chi connectivity index (χ2v) is 7.01. The first-order chi connectivity index (χ1) is 8.81. The van der Waals surface area contributed by atoms with Gasteiger partial charge in [0.15, 0.2) is 0 Å². The van der Waals surface area contributed by atoms with Crippen molar-refractivity contribution >= 4 is 15.9 Å². The van der Waals surface area contributed by atoms with E-state index in [0.717, 1.165) is 4.83 Å². The molecule has 0 saturated carbocycles. The lowest BCUT2D eigenvalue weighted by molar-refractivity contribution is 0.538. The molecule has 0 aromatic carbocycles. The molecule has 0 aromatic heterocycles. The van der Waals surface area contributed by atoms with E-state index in [9.17, 15) is 0 Å². The van der Waals surface area contributed by atoms with Gasteiger partial charge in [0.2, 0.25) is 0 Å². The predicted octanol–water partition coefficient (Wildman–Crippen LogP) is 7.25. The van der Waals surface area contributed by atoms with Crippen LogP contribution in [0.4, 0.5) is 0 Å². The summed E-state index contributed by atoms with van der Waals surface area (Å²) < 4.78 is 0. The summed E-state index contributed by atoms with van der Waals surface area (Å²) in [6.07, 6.45) is 20.0. The van der Waals surface area contributed by atoms with Gasteiger partial charge in [-0.1, -0.05) is 107 Å². The van der Waals surface area contributed by atoms with Crippen LogP contribution in [-0.4, -0.2) is 4.83 Å². The molecule has 0 heterocycles. The highest BCUT2D eigenvalue weighted by molar-refractivity contribution is 9.09. The van der Waals surface area contributed by atoms with E-state index in [0.29, 0.717) is 0 Å². The standard InChI is InChI=1S/C17H35Br/c1-3-5-6-7-8-9-10-11-12-13-14-16-17(18)15-4-2/h17H,3-16H2,1-2H3. The average Bonchev–Trinajstić information content (AvgIpc) is 2.36. The van der Waals surface area contributed by atoms with Gasteiger partial charge in [0.05, 0.1) is 0 Å². The maximum atomic E-state index is 3.76. The van der Waals surface area contributed by atoms with Gasteiger partial charge in [0.1, 0.15) is 0 Å². The SMILES string of the molecule is CCCCCCCCCCCCCC(Br)CCC. The van der Waals surface area contributed by atoms with Gasteiger partial charge in [-0.3, -0.25) is 0 Å². The van der Waals surface area contributed by atoms with Crippen molar-refractivity contribution in [1.82, 2.24) is 0 Å². The number of rotatable bonds is 14. The van der Waals surface area contributed by atoms with Crippen LogP contribution < -0.4 is 0 Å². The second kappa shape index (κ2) is 15.5. The fourth-order valence-electron chi connectivity index (χ4n) is 2.49. The first-order valence-electron chi connectivity index (χ1n) is 8.45.